The molecule has 1 fully saturated rings. The van der Waals surface area contributed by atoms with Crippen molar-refractivity contribution in [3.05, 3.63) is 68.9 Å². The summed E-state index contributed by atoms with van der Waals surface area (Å²) in [4.78, 5) is 41.5. The van der Waals surface area contributed by atoms with Gasteiger partial charge in [-0.3, -0.25) is 14.4 Å². The Bertz CT molecular complexity index is 1150. The highest BCUT2D eigenvalue weighted by Gasteiger charge is 2.24. The second kappa shape index (κ2) is 7.30. The number of anilines is 1. The number of carbonyl (C=O) groups excluding carboxylic acids is 1. The van der Waals surface area contributed by atoms with Crippen LogP contribution in [0.25, 0.3) is 10.9 Å². The maximum Gasteiger partial charge on any atom is 0.268 e. The Kier molecular flexibility index (Phi) is 4.68. The van der Waals surface area contributed by atoms with Gasteiger partial charge in [0.05, 0.1) is 11.9 Å². The van der Waals surface area contributed by atoms with Gasteiger partial charge in [0, 0.05) is 49.7 Å². The summed E-state index contributed by atoms with van der Waals surface area (Å²) < 4.78 is 1.29. The van der Waals surface area contributed by atoms with Crippen LogP contribution in [0.2, 0.25) is 0 Å². The van der Waals surface area contributed by atoms with E-state index in [0.29, 0.717) is 17.4 Å². The molecule has 2 N–H and O–H groups in total. The Hall–Kier alpha value is -3.42. The predicted molar refractivity (Wildman–Crippen MR) is 107 cm³/mol. The monoisotopic (exact) mass is 379 g/mol. The molecule has 1 aromatic carbocycles. The van der Waals surface area contributed by atoms with Crippen LogP contribution in [0.15, 0.2) is 52.2 Å². The van der Waals surface area contributed by atoms with E-state index >= 15 is 0 Å². The lowest BCUT2D eigenvalue weighted by molar-refractivity contribution is 0.0943. The summed E-state index contributed by atoms with van der Waals surface area (Å²) in [6.45, 7) is 2.05. The Labute approximate surface area is 160 Å². The summed E-state index contributed by atoms with van der Waals surface area (Å²) in [5.41, 5.74) is 1.38. The van der Waals surface area contributed by atoms with E-state index in [4.69, 9.17) is 0 Å². The summed E-state index contributed by atoms with van der Waals surface area (Å²) in [7, 11) is 1.62. The number of aromatic nitrogens is 3. The molecule has 0 bridgehead atoms. The third-order valence-corrected chi connectivity index (χ3v) is 5.14. The number of pyridine rings is 1. The van der Waals surface area contributed by atoms with Crippen LogP contribution in [-0.2, 0) is 7.05 Å². The van der Waals surface area contributed by atoms with Gasteiger partial charge >= 0.3 is 0 Å². The number of fused-ring (bicyclic) bond motifs is 1. The van der Waals surface area contributed by atoms with E-state index in [0.717, 1.165) is 25.2 Å². The number of hydrogen-bond donors (Lipinski definition) is 2. The van der Waals surface area contributed by atoms with Crippen LogP contribution < -0.4 is 21.2 Å². The lowest BCUT2D eigenvalue weighted by Gasteiger charge is -2.18. The molecule has 8 nitrogen and oxygen atoms in total. The number of aryl methyl sites for hydroxylation is 1. The normalized spacial score (nSPS) is 16.5. The molecule has 1 aliphatic heterocycles. The molecular weight excluding hydrogens is 358 g/mol. The first kappa shape index (κ1) is 18.0. The summed E-state index contributed by atoms with van der Waals surface area (Å²) in [6, 6.07) is 10.0. The standard InChI is InChI=1S/C20H21N5O3/c1-24-19(27)8-14(11-22-24)25-7-6-13(12-25)10-21-20(28)17-9-18(26)15-4-2-3-5-16(15)23-17/h2-5,8-9,11,13H,6-7,10,12H2,1H3,(H,21,28)(H,23,26). The van der Waals surface area contributed by atoms with E-state index < -0.39 is 0 Å². The smallest absolute Gasteiger partial charge is 0.268 e. The van der Waals surface area contributed by atoms with E-state index in [1.807, 2.05) is 6.07 Å². The fourth-order valence-corrected chi connectivity index (χ4v) is 3.52. The molecule has 3 aromatic rings. The number of carbonyl (C=O) groups is 1. The molecule has 8 heteroatoms. The molecule has 0 spiro atoms. The predicted octanol–water partition coefficient (Wildman–Crippen LogP) is 0.878. The zero-order chi connectivity index (χ0) is 19.7. The summed E-state index contributed by atoms with van der Waals surface area (Å²) in [5, 5.41) is 7.53. The van der Waals surface area contributed by atoms with Crippen LogP contribution in [0.4, 0.5) is 5.69 Å². The molecule has 144 valence electrons. The number of nitrogens with one attached hydrogen (secondary N) is 2. The third-order valence-electron chi connectivity index (χ3n) is 5.14. The minimum atomic E-state index is -0.295. The Morgan fingerprint density at radius 1 is 1.29 bits per heavy atom. The Morgan fingerprint density at radius 2 is 2.11 bits per heavy atom. The number of H-pyrrole nitrogens is 1. The molecule has 1 aliphatic rings. The van der Waals surface area contributed by atoms with Crippen molar-refractivity contribution < 1.29 is 4.79 Å². The molecule has 0 saturated carbocycles. The van der Waals surface area contributed by atoms with Gasteiger partial charge in [0.2, 0.25) is 0 Å². The molecule has 0 radical (unpaired) electrons. The topological polar surface area (TPSA) is 100 Å². The second-order valence-electron chi connectivity index (χ2n) is 7.08. The SMILES string of the molecule is Cn1ncc(N2CCC(CNC(=O)c3cc(=O)c4ccccc4[nH]3)C2)cc1=O. The van der Waals surface area contributed by atoms with Gasteiger partial charge in [0.25, 0.3) is 11.5 Å². The molecule has 4 rings (SSSR count). The summed E-state index contributed by atoms with van der Waals surface area (Å²) in [5.74, 6) is -0.0308. The maximum atomic E-state index is 12.5. The first-order valence-corrected chi connectivity index (χ1v) is 9.20. The van der Waals surface area contributed by atoms with Crippen LogP contribution in [0.5, 0.6) is 0 Å². The molecule has 1 unspecified atom stereocenters. The molecule has 0 aliphatic carbocycles. The van der Waals surface area contributed by atoms with Gasteiger partial charge in [0.15, 0.2) is 5.43 Å². The highest BCUT2D eigenvalue weighted by molar-refractivity contribution is 5.94. The zero-order valence-corrected chi connectivity index (χ0v) is 15.5. The molecule has 1 atom stereocenters. The number of amides is 1. The number of hydrogen-bond acceptors (Lipinski definition) is 5. The maximum absolute atomic E-state index is 12.5. The van der Waals surface area contributed by atoms with Crippen LogP contribution in [0.3, 0.4) is 0 Å². The van der Waals surface area contributed by atoms with Crippen LogP contribution >= 0.6 is 0 Å². The Balaban J connectivity index is 1.40. The van der Waals surface area contributed by atoms with E-state index in [-0.39, 0.29) is 28.5 Å². The van der Waals surface area contributed by atoms with E-state index in [1.54, 1.807) is 37.5 Å². The van der Waals surface area contributed by atoms with Crippen LogP contribution in [-0.4, -0.2) is 40.3 Å². The van der Waals surface area contributed by atoms with Crippen molar-refractivity contribution in [3.63, 3.8) is 0 Å². The van der Waals surface area contributed by atoms with Crippen molar-refractivity contribution in [3.8, 4) is 0 Å². The van der Waals surface area contributed by atoms with Crippen molar-refractivity contribution in [1.82, 2.24) is 20.1 Å². The van der Waals surface area contributed by atoms with Crippen LogP contribution in [0.1, 0.15) is 16.9 Å². The minimum absolute atomic E-state index is 0.144. The van der Waals surface area contributed by atoms with Gasteiger partial charge in [-0.2, -0.15) is 5.10 Å². The van der Waals surface area contributed by atoms with Crippen molar-refractivity contribution in [1.29, 1.82) is 0 Å². The summed E-state index contributed by atoms with van der Waals surface area (Å²) in [6.07, 6.45) is 2.59. The van der Waals surface area contributed by atoms with Crippen molar-refractivity contribution >= 4 is 22.5 Å². The van der Waals surface area contributed by atoms with Gasteiger partial charge in [-0.05, 0) is 24.5 Å². The van der Waals surface area contributed by atoms with Crippen LogP contribution in [0, 0.1) is 5.92 Å². The number of para-hydroxylation sites is 1. The first-order chi connectivity index (χ1) is 13.5. The molecule has 1 saturated heterocycles. The lowest BCUT2D eigenvalue weighted by atomic mass is 10.1. The third kappa shape index (κ3) is 3.53. The van der Waals surface area contributed by atoms with E-state index in [2.05, 4.69) is 20.3 Å². The van der Waals surface area contributed by atoms with E-state index in [1.165, 1.54) is 10.7 Å². The second-order valence-corrected chi connectivity index (χ2v) is 7.08. The van der Waals surface area contributed by atoms with Gasteiger partial charge in [-0.15, -0.1) is 0 Å². The zero-order valence-electron chi connectivity index (χ0n) is 15.5. The van der Waals surface area contributed by atoms with Crippen molar-refractivity contribution in [2.75, 3.05) is 24.5 Å². The highest BCUT2D eigenvalue weighted by atomic mass is 16.2. The van der Waals surface area contributed by atoms with Crippen molar-refractivity contribution in [2.24, 2.45) is 13.0 Å². The van der Waals surface area contributed by atoms with Gasteiger partial charge in [0.1, 0.15) is 5.69 Å². The summed E-state index contributed by atoms with van der Waals surface area (Å²) >= 11 is 0. The number of aromatic amines is 1. The number of nitrogens with zero attached hydrogens (tertiary/aromatic N) is 3. The number of rotatable bonds is 4. The van der Waals surface area contributed by atoms with E-state index in [9.17, 15) is 14.4 Å². The van der Waals surface area contributed by atoms with Crippen molar-refractivity contribution in [2.45, 2.75) is 6.42 Å². The molecule has 3 heterocycles. The quantitative estimate of drug-likeness (QED) is 0.701. The average Bonchev–Trinajstić information content (AvgIpc) is 3.17. The first-order valence-electron chi connectivity index (χ1n) is 9.20. The molecular formula is C20H21N5O3. The van der Waals surface area contributed by atoms with Gasteiger partial charge in [-0.25, -0.2) is 4.68 Å². The fourth-order valence-electron chi connectivity index (χ4n) is 3.52. The number of benzene rings is 1. The largest absolute Gasteiger partial charge is 0.370 e. The highest BCUT2D eigenvalue weighted by Crippen LogP contribution is 2.21. The average molecular weight is 379 g/mol. The van der Waals surface area contributed by atoms with Gasteiger partial charge < -0.3 is 15.2 Å². The Morgan fingerprint density at radius 3 is 2.93 bits per heavy atom. The molecule has 2 aromatic heterocycles. The molecule has 1 amide bonds. The fraction of sp³-hybridized carbons (Fsp3) is 0.300. The lowest BCUT2D eigenvalue weighted by Crippen LogP contribution is -2.32. The minimum Gasteiger partial charge on any atom is -0.370 e. The molecule has 28 heavy (non-hydrogen) atoms. The van der Waals surface area contributed by atoms with Gasteiger partial charge in [-0.1, -0.05) is 12.1 Å².